The van der Waals surface area contributed by atoms with Gasteiger partial charge < -0.3 is 10.2 Å². The maximum absolute atomic E-state index is 12.2. The molecule has 0 spiro atoms. The molecule has 2 rings (SSSR count). The first kappa shape index (κ1) is 12.8. The van der Waals surface area contributed by atoms with Crippen LogP contribution in [-0.4, -0.2) is 55.9 Å². The molecule has 17 heavy (non-hydrogen) atoms. The first-order chi connectivity index (χ1) is 8.03. The van der Waals surface area contributed by atoms with Gasteiger partial charge in [-0.2, -0.15) is 0 Å². The number of hydrogen-bond acceptors (Lipinski definition) is 4. The third-order valence-electron chi connectivity index (χ3n) is 3.63. The predicted octanol–water partition coefficient (Wildman–Crippen LogP) is -0.226. The molecule has 0 saturated carbocycles. The lowest BCUT2D eigenvalue weighted by Gasteiger charge is -2.29. The van der Waals surface area contributed by atoms with E-state index in [1.165, 1.54) is 0 Å². The van der Waals surface area contributed by atoms with Crippen LogP contribution in [0.15, 0.2) is 0 Å². The summed E-state index contributed by atoms with van der Waals surface area (Å²) >= 11 is 0. The zero-order valence-corrected chi connectivity index (χ0v) is 11.0. The van der Waals surface area contributed by atoms with Crippen LogP contribution >= 0.6 is 0 Å². The van der Waals surface area contributed by atoms with Crippen LogP contribution in [0.25, 0.3) is 0 Å². The van der Waals surface area contributed by atoms with Crippen molar-refractivity contribution < 1.29 is 13.2 Å². The number of carbonyl (C=O) groups excluding carboxylic acids is 1. The van der Waals surface area contributed by atoms with Crippen LogP contribution < -0.4 is 5.32 Å². The number of carbonyl (C=O) groups is 1. The Bertz CT molecular complexity index is 388. The second-order valence-electron chi connectivity index (χ2n) is 4.83. The lowest BCUT2D eigenvalue weighted by Crippen LogP contribution is -2.48. The SMILES string of the molecule is CCN(C(=O)[C@H]1CCCN1)C1CCS(=O)(=O)C1. The fourth-order valence-corrected chi connectivity index (χ4v) is 4.44. The minimum absolute atomic E-state index is 0.0760. The lowest BCUT2D eigenvalue weighted by molar-refractivity contribution is -0.134. The Morgan fingerprint density at radius 2 is 2.18 bits per heavy atom. The van der Waals surface area contributed by atoms with E-state index in [1.807, 2.05) is 6.92 Å². The fourth-order valence-electron chi connectivity index (χ4n) is 2.71. The molecular formula is C11H20N2O3S. The first-order valence-electron chi connectivity index (χ1n) is 6.28. The van der Waals surface area contributed by atoms with E-state index in [2.05, 4.69) is 5.32 Å². The molecule has 1 N–H and O–H groups in total. The summed E-state index contributed by atoms with van der Waals surface area (Å²) in [7, 11) is -2.92. The minimum atomic E-state index is -2.92. The smallest absolute Gasteiger partial charge is 0.239 e. The highest BCUT2D eigenvalue weighted by molar-refractivity contribution is 7.91. The van der Waals surface area contributed by atoms with E-state index >= 15 is 0 Å². The Morgan fingerprint density at radius 1 is 1.41 bits per heavy atom. The van der Waals surface area contributed by atoms with Gasteiger partial charge in [0.05, 0.1) is 17.5 Å². The topological polar surface area (TPSA) is 66.5 Å². The summed E-state index contributed by atoms with van der Waals surface area (Å²) in [4.78, 5) is 14.0. The van der Waals surface area contributed by atoms with Crippen LogP contribution in [0.2, 0.25) is 0 Å². The van der Waals surface area contributed by atoms with Gasteiger partial charge in [-0.15, -0.1) is 0 Å². The molecule has 2 aliphatic rings. The first-order valence-corrected chi connectivity index (χ1v) is 8.10. The molecule has 0 radical (unpaired) electrons. The normalized spacial score (nSPS) is 31.6. The molecule has 1 unspecified atom stereocenters. The Morgan fingerprint density at radius 3 is 2.65 bits per heavy atom. The van der Waals surface area contributed by atoms with Gasteiger partial charge in [-0.25, -0.2) is 8.42 Å². The van der Waals surface area contributed by atoms with E-state index in [0.29, 0.717) is 13.0 Å². The number of sulfone groups is 1. The third kappa shape index (κ3) is 2.80. The molecule has 0 aromatic heterocycles. The number of likely N-dealkylation sites (N-methyl/N-ethyl adjacent to an activating group) is 1. The quantitative estimate of drug-likeness (QED) is 0.761. The summed E-state index contributed by atoms with van der Waals surface area (Å²) in [6.45, 7) is 3.39. The lowest BCUT2D eigenvalue weighted by atomic mass is 10.1. The molecule has 0 bridgehead atoms. The van der Waals surface area contributed by atoms with Crippen molar-refractivity contribution in [2.75, 3.05) is 24.6 Å². The average molecular weight is 260 g/mol. The van der Waals surface area contributed by atoms with E-state index in [9.17, 15) is 13.2 Å². The van der Waals surface area contributed by atoms with Gasteiger partial charge in [0, 0.05) is 12.6 Å². The largest absolute Gasteiger partial charge is 0.338 e. The van der Waals surface area contributed by atoms with Crippen molar-refractivity contribution in [3.63, 3.8) is 0 Å². The van der Waals surface area contributed by atoms with Gasteiger partial charge in [-0.1, -0.05) is 0 Å². The summed E-state index contributed by atoms with van der Waals surface area (Å²) in [5.74, 6) is 0.436. The highest BCUT2D eigenvalue weighted by Crippen LogP contribution is 2.20. The van der Waals surface area contributed by atoms with Crippen LogP contribution in [-0.2, 0) is 14.6 Å². The zero-order valence-electron chi connectivity index (χ0n) is 10.2. The van der Waals surface area contributed by atoms with E-state index in [0.717, 1.165) is 19.4 Å². The average Bonchev–Trinajstić information content (AvgIpc) is 2.88. The molecule has 0 aromatic carbocycles. The van der Waals surface area contributed by atoms with Crippen molar-refractivity contribution in [3.05, 3.63) is 0 Å². The van der Waals surface area contributed by atoms with Crippen LogP contribution in [0, 0.1) is 0 Å². The van der Waals surface area contributed by atoms with Gasteiger partial charge in [0.1, 0.15) is 0 Å². The van der Waals surface area contributed by atoms with Crippen LogP contribution in [0.1, 0.15) is 26.2 Å². The molecule has 0 aromatic rings. The fraction of sp³-hybridized carbons (Fsp3) is 0.909. The van der Waals surface area contributed by atoms with Gasteiger partial charge in [0.25, 0.3) is 0 Å². The van der Waals surface area contributed by atoms with E-state index < -0.39 is 9.84 Å². The third-order valence-corrected chi connectivity index (χ3v) is 5.38. The second-order valence-corrected chi connectivity index (χ2v) is 7.06. The van der Waals surface area contributed by atoms with Gasteiger partial charge in [0.2, 0.25) is 5.91 Å². The molecule has 0 aliphatic carbocycles. The standard InChI is InChI=1S/C11H20N2O3S/c1-2-13(9-5-7-17(15,16)8-9)11(14)10-4-3-6-12-10/h9-10,12H,2-8H2,1H3/t9?,10-/m1/s1. The second kappa shape index (κ2) is 4.94. The van der Waals surface area contributed by atoms with Crippen molar-refractivity contribution in [2.45, 2.75) is 38.3 Å². The van der Waals surface area contributed by atoms with Crippen molar-refractivity contribution >= 4 is 15.7 Å². The highest BCUT2D eigenvalue weighted by atomic mass is 32.2. The summed E-state index contributed by atoms with van der Waals surface area (Å²) in [5.41, 5.74) is 0. The number of nitrogens with one attached hydrogen (secondary N) is 1. The van der Waals surface area contributed by atoms with Crippen molar-refractivity contribution in [2.24, 2.45) is 0 Å². The molecular weight excluding hydrogens is 240 g/mol. The summed E-state index contributed by atoms with van der Waals surface area (Å²) < 4.78 is 22.9. The van der Waals surface area contributed by atoms with Gasteiger partial charge in [0.15, 0.2) is 9.84 Å². The van der Waals surface area contributed by atoms with Gasteiger partial charge in [-0.3, -0.25) is 4.79 Å². The van der Waals surface area contributed by atoms with E-state index in [1.54, 1.807) is 4.90 Å². The molecule has 2 heterocycles. The molecule has 6 heteroatoms. The molecule has 2 atom stereocenters. The number of nitrogens with zero attached hydrogens (tertiary/aromatic N) is 1. The molecule has 2 saturated heterocycles. The van der Waals surface area contributed by atoms with Crippen LogP contribution in [0.5, 0.6) is 0 Å². The number of amides is 1. The molecule has 1 amide bonds. The molecule has 5 nitrogen and oxygen atoms in total. The Kier molecular flexibility index (Phi) is 3.73. The monoisotopic (exact) mass is 260 g/mol. The van der Waals surface area contributed by atoms with Crippen LogP contribution in [0.4, 0.5) is 0 Å². The van der Waals surface area contributed by atoms with Crippen LogP contribution in [0.3, 0.4) is 0 Å². The van der Waals surface area contributed by atoms with Crippen molar-refractivity contribution in [1.29, 1.82) is 0 Å². The van der Waals surface area contributed by atoms with E-state index in [4.69, 9.17) is 0 Å². The number of hydrogen-bond donors (Lipinski definition) is 1. The zero-order chi connectivity index (χ0) is 12.5. The van der Waals surface area contributed by atoms with Crippen molar-refractivity contribution in [1.82, 2.24) is 10.2 Å². The van der Waals surface area contributed by atoms with E-state index in [-0.39, 0.29) is 29.5 Å². The Labute approximate surface area is 102 Å². The van der Waals surface area contributed by atoms with Crippen molar-refractivity contribution in [3.8, 4) is 0 Å². The summed E-state index contributed by atoms with van der Waals surface area (Å²) in [6.07, 6.45) is 2.49. The minimum Gasteiger partial charge on any atom is -0.338 e. The van der Waals surface area contributed by atoms with Gasteiger partial charge >= 0.3 is 0 Å². The molecule has 98 valence electrons. The Hall–Kier alpha value is -0.620. The Balaban J connectivity index is 2.03. The maximum atomic E-state index is 12.2. The van der Waals surface area contributed by atoms with Gasteiger partial charge in [-0.05, 0) is 32.7 Å². The maximum Gasteiger partial charge on any atom is 0.239 e. The summed E-state index contributed by atoms with van der Waals surface area (Å²) in [6, 6.07) is -0.210. The predicted molar refractivity (Wildman–Crippen MR) is 65.5 cm³/mol. The molecule has 2 fully saturated rings. The molecule has 2 aliphatic heterocycles. The number of rotatable bonds is 3. The summed E-state index contributed by atoms with van der Waals surface area (Å²) in [5, 5.41) is 3.17. The highest BCUT2D eigenvalue weighted by Gasteiger charge is 2.36.